The number of anilines is 1. The van der Waals surface area contributed by atoms with Crippen LogP contribution in [0.1, 0.15) is 19.2 Å². The van der Waals surface area contributed by atoms with Crippen molar-refractivity contribution in [1.29, 1.82) is 0 Å². The molecule has 0 aliphatic heterocycles. The third-order valence-corrected chi connectivity index (χ3v) is 6.13. The topological polar surface area (TPSA) is 67.2 Å². The van der Waals surface area contributed by atoms with Crippen molar-refractivity contribution in [2.45, 2.75) is 31.3 Å². The van der Waals surface area contributed by atoms with Crippen LogP contribution < -0.4 is 5.32 Å². The van der Waals surface area contributed by atoms with E-state index in [0.717, 1.165) is 30.0 Å². The van der Waals surface area contributed by atoms with Crippen molar-refractivity contribution in [3.8, 4) is 0 Å². The van der Waals surface area contributed by atoms with Gasteiger partial charge in [-0.05, 0) is 48.9 Å². The van der Waals surface area contributed by atoms with Gasteiger partial charge < -0.3 is 9.88 Å². The Morgan fingerprint density at radius 2 is 1.85 bits per heavy atom. The Morgan fingerprint density at radius 3 is 2.48 bits per heavy atom. The molecule has 6 nitrogen and oxygen atoms in total. The zero-order valence-electron chi connectivity index (χ0n) is 15.6. The molecule has 0 atom stereocenters. The normalized spacial score (nSPS) is 12.0. The molecule has 27 heavy (non-hydrogen) atoms. The van der Waals surface area contributed by atoms with Gasteiger partial charge in [-0.15, -0.1) is 0 Å². The first-order chi connectivity index (χ1) is 12.8. The van der Waals surface area contributed by atoms with E-state index in [4.69, 9.17) is 0 Å². The molecule has 0 fully saturated rings. The van der Waals surface area contributed by atoms with Gasteiger partial charge in [0, 0.05) is 26.3 Å². The predicted octanol–water partition coefficient (Wildman–Crippen LogP) is 3.45. The average molecular weight is 390 g/mol. The van der Waals surface area contributed by atoms with Crippen LogP contribution in [0.3, 0.4) is 0 Å². The fourth-order valence-electron chi connectivity index (χ4n) is 2.89. The highest BCUT2D eigenvalue weighted by Gasteiger charge is 2.19. The quantitative estimate of drug-likeness (QED) is 0.671. The first-order valence-corrected chi connectivity index (χ1v) is 10.2. The second-order valence-corrected chi connectivity index (χ2v) is 8.63. The number of rotatable bonds is 7. The number of aromatic nitrogens is 2. The van der Waals surface area contributed by atoms with Crippen LogP contribution in [-0.4, -0.2) is 36.4 Å². The molecular weight excluding hydrogens is 367 g/mol. The van der Waals surface area contributed by atoms with Crippen LogP contribution >= 0.6 is 0 Å². The molecule has 0 radical (unpaired) electrons. The van der Waals surface area contributed by atoms with E-state index in [1.165, 1.54) is 30.5 Å². The van der Waals surface area contributed by atoms with Crippen molar-refractivity contribution in [3.05, 3.63) is 54.1 Å². The molecule has 8 heteroatoms. The van der Waals surface area contributed by atoms with E-state index in [1.54, 1.807) is 30.3 Å². The zero-order valence-corrected chi connectivity index (χ0v) is 16.4. The van der Waals surface area contributed by atoms with Crippen LogP contribution in [0.5, 0.6) is 0 Å². The first-order valence-electron chi connectivity index (χ1n) is 8.74. The number of nitrogens with one attached hydrogen (secondary N) is 1. The summed E-state index contributed by atoms with van der Waals surface area (Å²) in [6.45, 7) is 3.31. The summed E-state index contributed by atoms with van der Waals surface area (Å²) < 4.78 is 41.1. The molecule has 0 bridgehead atoms. The highest BCUT2D eigenvalue weighted by Crippen LogP contribution is 2.23. The van der Waals surface area contributed by atoms with Crippen LogP contribution in [0.25, 0.3) is 11.0 Å². The fourth-order valence-corrected chi connectivity index (χ4v) is 3.81. The lowest BCUT2D eigenvalue weighted by Gasteiger charge is -2.11. The van der Waals surface area contributed by atoms with E-state index in [1.807, 2.05) is 0 Å². The smallest absolute Gasteiger partial charge is 0.242 e. The maximum absolute atomic E-state index is 13.0. The third kappa shape index (κ3) is 3.96. The Bertz CT molecular complexity index is 1040. The molecule has 2 aromatic carbocycles. The number of hydrogen-bond acceptors (Lipinski definition) is 4. The molecule has 0 saturated carbocycles. The van der Waals surface area contributed by atoms with Crippen LogP contribution in [0.15, 0.2) is 47.4 Å². The van der Waals surface area contributed by atoms with Crippen molar-refractivity contribution in [2.75, 3.05) is 19.4 Å². The van der Waals surface area contributed by atoms with E-state index in [2.05, 4.69) is 21.8 Å². The predicted molar refractivity (Wildman–Crippen MR) is 105 cm³/mol. The number of benzene rings is 2. The second kappa shape index (κ2) is 7.66. The van der Waals surface area contributed by atoms with Gasteiger partial charge in [-0.1, -0.05) is 6.92 Å². The van der Waals surface area contributed by atoms with E-state index in [-0.39, 0.29) is 10.7 Å². The van der Waals surface area contributed by atoms with Gasteiger partial charge in [0.15, 0.2) is 0 Å². The zero-order chi connectivity index (χ0) is 19.6. The van der Waals surface area contributed by atoms with Crippen molar-refractivity contribution >= 4 is 26.7 Å². The summed E-state index contributed by atoms with van der Waals surface area (Å²) in [5.41, 5.74) is 2.33. The van der Waals surface area contributed by atoms with Crippen LogP contribution in [0.4, 0.5) is 10.1 Å². The molecular formula is C19H23FN4O2S. The molecule has 1 aromatic heterocycles. The van der Waals surface area contributed by atoms with Gasteiger partial charge in [0.05, 0.1) is 22.5 Å². The van der Waals surface area contributed by atoms with Crippen LogP contribution in [0, 0.1) is 5.82 Å². The summed E-state index contributed by atoms with van der Waals surface area (Å²) in [6.07, 6.45) is 0.923. The molecule has 0 spiro atoms. The van der Waals surface area contributed by atoms with Gasteiger partial charge >= 0.3 is 0 Å². The Labute approximate surface area is 158 Å². The second-order valence-electron chi connectivity index (χ2n) is 6.48. The Morgan fingerprint density at radius 1 is 1.15 bits per heavy atom. The van der Waals surface area contributed by atoms with Crippen molar-refractivity contribution in [2.24, 2.45) is 0 Å². The van der Waals surface area contributed by atoms with Gasteiger partial charge in [0.1, 0.15) is 11.6 Å². The number of sulfonamides is 1. The molecule has 144 valence electrons. The molecule has 1 N–H and O–H groups in total. The SMILES string of the molecule is CCCn1c(CNc2ccc(F)cc2)nc2cc(S(=O)(=O)N(C)C)ccc21. The number of hydrogen-bond donors (Lipinski definition) is 1. The lowest BCUT2D eigenvalue weighted by atomic mass is 10.3. The minimum absolute atomic E-state index is 0.221. The summed E-state index contributed by atoms with van der Waals surface area (Å²) in [5, 5.41) is 3.23. The number of halogens is 1. The van der Waals surface area contributed by atoms with Gasteiger partial charge in [-0.25, -0.2) is 22.1 Å². The maximum Gasteiger partial charge on any atom is 0.242 e. The summed E-state index contributed by atoms with van der Waals surface area (Å²) in [6, 6.07) is 11.2. The minimum Gasteiger partial charge on any atom is -0.378 e. The van der Waals surface area contributed by atoms with Crippen molar-refractivity contribution < 1.29 is 12.8 Å². The molecule has 0 saturated heterocycles. The monoisotopic (exact) mass is 390 g/mol. The van der Waals surface area contributed by atoms with Gasteiger partial charge in [0.2, 0.25) is 10.0 Å². The summed E-state index contributed by atoms with van der Waals surface area (Å²) in [5.74, 6) is 0.518. The largest absolute Gasteiger partial charge is 0.378 e. The van der Waals surface area contributed by atoms with E-state index < -0.39 is 10.0 Å². The summed E-state index contributed by atoms with van der Waals surface area (Å²) in [7, 11) is -0.496. The third-order valence-electron chi connectivity index (χ3n) is 4.32. The van der Waals surface area contributed by atoms with Crippen molar-refractivity contribution in [3.63, 3.8) is 0 Å². The van der Waals surface area contributed by atoms with E-state index in [9.17, 15) is 12.8 Å². The Kier molecular flexibility index (Phi) is 5.48. The number of aryl methyl sites for hydroxylation is 1. The highest BCUT2D eigenvalue weighted by molar-refractivity contribution is 7.89. The van der Waals surface area contributed by atoms with E-state index >= 15 is 0 Å². The Balaban J connectivity index is 1.96. The first kappa shape index (κ1) is 19.3. The maximum atomic E-state index is 13.0. The number of fused-ring (bicyclic) bond motifs is 1. The van der Waals surface area contributed by atoms with Crippen molar-refractivity contribution in [1.82, 2.24) is 13.9 Å². The lowest BCUT2D eigenvalue weighted by molar-refractivity contribution is 0.521. The van der Waals surface area contributed by atoms with Crippen LogP contribution in [-0.2, 0) is 23.1 Å². The summed E-state index contributed by atoms with van der Waals surface area (Å²) in [4.78, 5) is 4.86. The van der Waals surface area contributed by atoms with Crippen LogP contribution in [0.2, 0.25) is 0 Å². The fraction of sp³-hybridized carbons (Fsp3) is 0.316. The van der Waals surface area contributed by atoms with E-state index in [0.29, 0.717) is 12.1 Å². The molecule has 3 aromatic rings. The average Bonchev–Trinajstić information content (AvgIpc) is 2.98. The van der Waals surface area contributed by atoms with Gasteiger partial charge in [-0.2, -0.15) is 0 Å². The molecule has 0 amide bonds. The minimum atomic E-state index is -3.51. The molecule has 0 aliphatic rings. The van der Waals surface area contributed by atoms with Gasteiger partial charge in [0.25, 0.3) is 0 Å². The molecule has 0 unspecified atom stereocenters. The standard InChI is InChI=1S/C19H23FN4O2S/c1-4-11-24-18-10-9-16(27(25,26)23(2)3)12-17(18)22-19(24)13-21-15-7-5-14(20)6-8-15/h5-10,12,21H,4,11,13H2,1-3H3. The number of imidazole rings is 1. The Hall–Kier alpha value is -2.45. The lowest BCUT2D eigenvalue weighted by Crippen LogP contribution is -2.22. The number of nitrogens with zero attached hydrogens (tertiary/aromatic N) is 3. The van der Waals surface area contributed by atoms with Gasteiger partial charge in [-0.3, -0.25) is 0 Å². The molecule has 1 heterocycles. The molecule has 0 aliphatic carbocycles. The molecule has 3 rings (SSSR count). The summed E-state index contributed by atoms with van der Waals surface area (Å²) >= 11 is 0. The highest BCUT2D eigenvalue weighted by atomic mass is 32.2.